The van der Waals surface area contributed by atoms with Crippen molar-refractivity contribution in [3.63, 3.8) is 0 Å². The number of nitrogens with zero attached hydrogens (tertiary/aromatic N) is 3. The summed E-state index contributed by atoms with van der Waals surface area (Å²) < 4.78 is 43.9. The Morgan fingerprint density at radius 1 is 1.35 bits per heavy atom. The lowest BCUT2D eigenvalue weighted by atomic mass is 10.2. The summed E-state index contributed by atoms with van der Waals surface area (Å²) in [6, 6.07) is 4.64. The number of alkyl halides is 3. The summed E-state index contributed by atoms with van der Waals surface area (Å²) in [5.74, 6) is -1.27. The van der Waals surface area contributed by atoms with E-state index in [1.165, 1.54) is 18.2 Å². The van der Waals surface area contributed by atoms with Crippen LogP contribution in [-0.4, -0.2) is 19.4 Å². The Labute approximate surface area is 111 Å². The molecule has 6 nitrogen and oxygen atoms in total. The van der Waals surface area contributed by atoms with Crippen LogP contribution >= 0.6 is 0 Å². The monoisotopic (exact) mass is 287 g/mol. The van der Waals surface area contributed by atoms with Crippen molar-refractivity contribution >= 4 is 12.0 Å². The molecule has 0 unspecified atom stereocenters. The van der Waals surface area contributed by atoms with Crippen molar-refractivity contribution < 1.29 is 27.4 Å². The first-order valence-electron chi connectivity index (χ1n) is 5.06. The van der Waals surface area contributed by atoms with E-state index < -0.39 is 18.1 Å². The highest BCUT2D eigenvalue weighted by molar-refractivity contribution is 5.93. The smallest absolute Gasteiger partial charge is 0.466 e. The average molecular weight is 287 g/mol. The maximum atomic E-state index is 12.0. The highest BCUT2D eigenvalue weighted by atomic mass is 19.4. The Balaban J connectivity index is 2.97. The minimum absolute atomic E-state index is 0.320. The van der Waals surface area contributed by atoms with Gasteiger partial charge in [0.2, 0.25) is 0 Å². The van der Waals surface area contributed by atoms with E-state index >= 15 is 0 Å². The van der Waals surface area contributed by atoms with Gasteiger partial charge < -0.3 is 9.47 Å². The van der Waals surface area contributed by atoms with E-state index in [1.54, 1.807) is 0 Å². The SMILES string of the molecule is COC(=O)/C(=C\c1ccc(OC(F)(F)F)cc1)N=[N+]=[N-]. The second-order valence-corrected chi connectivity index (χ2v) is 3.33. The molecule has 0 aliphatic heterocycles. The molecule has 0 radical (unpaired) electrons. The second-order valence-electron chi connectivity index (χ2n) is 3.33. The number of benzene rings is 1. The van der Waals surface area contributed by atoms with E-state index in [0.29, 0.717) is 5.56 Å². The molecule has 0 aliphatic rings. The van der Waals surface area contributed by atoms with Gasteiger partial charge >= 0.3 is 12.3 Å². The first-order chi connectivity index (χ1) is 9.35. The molecule has 0 heterocycles. The Bertz CT molecular complexity index is 561. The van der Waals surface area contributed by atoms with Crippen molar-refractivity contribution in [2.24, 2.45) is 5.11 Å². The van der Waals surface area contributed by atoms with E-state index in [0.717, 1.165) is 19.2 Å². The molecule has 20 heavy (non-hydrogen) atoms. The van der Waals surface area contributed by atoms with Crippen LogP contribution in [0.4, 0.5) is 13.2 Å². The normalized spacial score (nSPS) is 11.5. The predicted molar refractivity (Wildman–Crippen MR) is 62.3 cm³/mol. The summed E-state index contributed by atoms with van der Waals surface area (Å²) in [5.41, 5.74) is 8.32. The summed E-state index contributed by atoms with van der Waals surface area (Å²) in [4.78, 5) is 13.7. The Hall–Kier alpha value is -2.67. The molecule has 0 fully saturated rings. The van der Waals surface area contributed by atoms with Crippen LogP contribution < -0.4 is 4.74 Å². The molecule has 0 saturated carbocycles. The highest BCUT2D eigenvalue weighted by Crippen LogP contribution is 2.23. The molecule has 1 aromatic rings. The van der Waals surface area contributed by atoms with E-state index in [1.807, 2.05) is 0 Å². The van der Waals surface area contributed by atoms with Crippen molar-refractivity contribution in [3.8, 4) is 5.75 Å². The van der Waals surface area contributed by atoms with Crippen molar-refractivity contribution in [3.05, 3.63) is 46.0 Å². The third-order valence-electron chi connectivity index (χ3n) is 1.96. The van der Waals surface area contributed by atoms with Gasteiger partial charge in [-0.05, 0) is 29.3 Å². The van der Waals surface area contributed by atoms with Crippen LogP contribution in [0.5, 0.6) is 5.75 Å². The number of esters is 1. The third kappa shape index (κ3) is 4.91. The molecule has 0 aliphatic carbocycles. The molecule has 0 aromatic heterocycles. The number of hydrogen-bond acceptors (Lipinski definition) is 4. The Morgan fingerprint density at radius 2 is 1.95 bits per heavy atom. The van der Waals surface area contributed by atoms with Crippen molar-refractivity contribution in [2.75, 3.05) is 7.11 Å². The number of hydrogen-bond donors (Lipinski definition) is 0. The summed E-state index contributed by atoms with van der Waals surface area (Å²) in [7, 11) is 1.10. The fourth-order valence-corrected chi connectivity index (χ4v) is 1.20. The Kier molecular flexibility index (Phi) is 4.99. The van der Waals surface area contributed by atoms with Crippen molar-refractivity contribution in [1.29, 1.82) is 0 Å². The molecule has 0 amide bonds. The van der Waals surface area contributed by atoms with Gasteiger partial charge in [-0.15, -0.1) is 13.2 Å². The molecule has 0 saturated heterocycles. The molecular weight excluding hydrogens is 279 g/mol. The minimum Gasteiger partial charge on any atom is -0.466 e. The first-order valence-corrected chi connectivity index (χ1v) is 5.06. The van der Waals surface area contributed by atoms with Gasteiger partial charge in [-0.3, -0.25) is 0 Å². The fourth-order valence-electron chi connectivity index (χ4n) is 1.20. The molecule has 0 atom stereocenters. The van der Waals surface area contributed by atoms with Crippen molar-refractivity contribution in [2.45, 2.75) is 6.36 Å². The first kappa shape index (κ1) is 15.4. The molecule has 1 rings (SSSR count). The van der Waals surface area contributed by atoms with Gasteiger partial charge in [-0.2, -0.15) is 0 Å². The van der Waals surface area contributed by atoms with Gasteiger partial charge in [0.25, 0.3) is 0 Å². The quantitative estimate of drug-likeness (QED) is 0.279. The van der Waals surface area contributed by atoms with E-state index in [-0.39, 0.29) is 5.70 Å². The summed E-state index contributed by atoms with van der Waals surface area (Å²) in [5, 5.41) is 3.13. The molecular formula is C11H8F3N3O3. The minimum atomic E-state index is -4.78. The number of rotatable bonds is 4. The third-order valence-corrected chi connectivity index (χ3v) is 1.96. The lowest BCUT2D eigenvalue weighted by Crippen LogP contribution is -2.16. The lowest BCUT2D eigenvalue weighted by molar-refractivity contribution is -0.274. The Morgan fingerprint density at radius 3 is 2.40 bits per heavy atom. The maximum Gasteiger partial charge on any atom is 0.573 e. The van der Waals surface area contributed by atoms with E-state index in [9.17, 15) is 18.0 Å². The highest BCUT2D eigenvalue weighted by Gasteiger charge is 2.30. The molecule has 9 heteroatoms. The van der Waals surface area contributed by atoms with Crippen LogP contribution in [0.15, 0.2) is 35.1 Å². The second kappa shape index (κ2) is 6.48. The average Bonchev–Trinajstić information content (AvgIpc) is 2.38. The van der Waals surface area contributed by atoms with Gasteiger partial charge in [-0.25, -0.2) is 4.79 Å². The number of carbonyl (C=O) groups excluding carboxylic acids is 1. The van der Waals surface area contributed by atoms with Crippen LogP contribution in [0.3, 0.4) is 0 Å². The number of carbonyl (C=O) groups is 1. The number of halogens is 3. The number of methoxy groups -OCH3 is 1. The standard InChI is InChI=1S/C11H8F3N3O3/c1-19-10(18)9(16-17-15)6-7-2-4-8(5-3-7)20-11(12,13)14/h2-6H,1H3/b9-6+. The zero-order chi connectivity index (χ0) is 15.2. The van der Waals surface area contributed by atoms with Gasteiger partial charge in [0.15, 0.2) is 0 Å². The molecule has 0 N–H and O–H groups in total. The van der Waals surface area contributed by atoms with Gasteiger partial charge in [0, 0.05) is 4.91 Å². The van der Waals surface area contributed by atoms with Gasteiger partial charge in [0.05, 0.1) is 7.11 Å². The largest absolute Gasteiger partial charge is 0.573 e. The van der Waals surface area contributed by atoms with Crippen LogP contribution in [0.25, 0.3) is 16.5 Å². The van der Waals surface area contributed by atoms with Crippen molar-refractivity contribution in [1.82, 2.24) is 0 Å². The fraction of sp³-hybridized carbons (Fsp3) is 0.182. The molecule has 0 spiro atoms. The maximum absolute atomic E-state index is 12.0. The van der Waals surface area contributed by atoms with Crippen LogP contribution in [0.1, 0.15) is 5.56 Å². The summed E-state index contributed by atoms with van der Waals surface area (Å²) in [6.07, 6.45) is -3.61. The zero-order valence-electron chi connectivity index (χ0n) is 10.1. The molecule has 106 valence electrons. The van der Waals surface area contributed by atoms with E-state index in [4.69, 9.17) is 5.53 Å². The molecule has 1 aromatic carbocycles. The zero-order valence-corrected chi connectivity index (χ0v) is 10.1. The van der Waals surface area contributed by atoms with Crippen LogP contribution in [-0.2, 0) is 9.53 Å². The lowest BCUT2D eigenvalue weighted by Gasteiger charge is -2.08. The van der Waals surface area contributed by atoms with Gasteiger partial charge in [-0.1, -0.05) is 17.2 Å². The summed E-state index contributed by atoms with van der Waals surface area (Å²) in [6.45, 7) is 0. The molecule has 0 bridgehead atoms. The van der Waals surface area contributed by atoms with E-state index in [2.05, 4.69) is 19.5 Å². The topological polar surface area (TPSA) is 84.3 Å². The van der Waals surface area contributed by atoms with Gasteiger partial charge in [0.1, 0.15) is 11.4 Å². The number of azide groups is 1. The number of ether oxygens (including phenoxy) is 2. The predicted octanol–water partition coefficient (Wildman–Crippen LogP) is 3.41. The van der Waals surface area contributed by atoms with Crippen LogP contribution in [0.2, 0.25) is 0 Å². The van der Waals surface area contributed by atoms with Crippen LogP contribution in [0, 0.1) is 0 Å². The summed E-state index contributed by atoms with van der Waals surface area (Å²) >= 11 is 0.